The number of pyridine rings is 1. The predicted octanol–water partition coefficient (Wildman–Crippen LogP) is 3.30. The van der Waals surface area contributed by atoms with E-state index in [0.717, 1.165) is 30.9 Å². The van der Waals surface area contributed by atoms with Crippen LogP contribution in [0, 0.1) is 17.5 Å². The smallest absolute Gasteiger partial charge is 0.241 e. The maximum Gasteiger partial charge on any atom is 0.241 e. The largest absolute Gasteiger partial charge is 0.368 e. The SMILES string of the molecule is O=S(=O)(NCc1ccnc(N2CCN(c3ccc(F)cc3)CC2)c1)c1cc(F)cc(F)c1. The van der Waals surface area contributed by atoms with Crippen LogP contribution in [0.25, 0.3) is 0 Å². The molecule has 32 heavy (non-hydrogen) atoms. The highest BCUT2D eigenvalue weighted by Gasteiger charge is 2.20. The molecule has 0 amide bonds. The number of nitrogens with one attached hydrogen (secondary N) is 1. The van der Waals surface area contributed by atoms with Crippen molar-refractivity contribution in [2.24, 2.45) is 0 Å². The second kappa shape index (κ2) is 9.17. The molecule has 1 fully saturated rings. The lowest BCUT2D eigenvalue weighted by Gasteiger charge is -2.36. The monoisotopic (exact) mass is 462 g/mol. The number of piperazine rings is 1. The minimum atomic E-state index is -4.08. The summed E-state index contributed by atoms with van der Waals surface area (Å²) in [4.78, 5) is 8.15. The van der Waals surface area contributed by atoms with Crippen LogP contribution in [0.4, 0.5) is 24.7 Å². The fourth-order valence-electron chi connectivity index (χ4n) is 3.53. The van der Waals surface area contributed by atoms with Gasteiger partial charge in [-0.05, 0) is 54.1 Å². The summed E-state index contributed by atoms with van der Waals surface area (Å²) in [6, 6.07) is 12.0. The summed E-state index contributed by atoms with van der Waals surface area (Å²) >= 11 is 0. The first-order chi connectivity index (χ1) is 15.3. The van der Waals surface area contributed by atoms with E-state index in [4.69, 9.17) is 0 Å². The van der Waals surface area contributed by atoms with Crippen LogP contribution in [0.2, 0.25) is 0 Å². The van der Waals surface area contributed by atoms with Crippen molar-refractivity contribution >= 4 is 21.5 Å². The first-order valence-electron chi connectivity index (χ1n) is 9.96. The van der Waals surface area contributed by atoms with Crippen molar-refractivity contribution < 1.29 is 21.6 Å². The molecule has 10 heteroatoms. The van der Waals surface area contributed by atoms with Crippen LogP contribution >= 0.6 is 0 Å². The summed E-state index contributed by atoms with van der Waals surface area (Å²) in [5, 5.41) is 0. The summed E-state index contributed by atoms with van der Waals surface area (Å²) in [7, 11) is -4.08. The maximum absolute atomic E-state index is 13.4. The van der Waals surface area contributed by atoms with Crippen molar-refractivity contribution in [3.8, 4) is 0 Å². The minimum absolute atomic E-state index is 0.0501. The maximum atomic E-state index is 13.4. The molecule has 4 rings (SSSR count). The molecule has 2 heterocycles. The van der Waals surface area contributed by atoms with Crippen LogP contribution in [0.5, 0.6) is 0 Å². The number of benzene rings is 2. The van der Waals surface area contributed by atoms with Gasteiger partial charge in [-0.3, -0.25) is 0 Å². The van der Waals surface area contributed by atoms with Crippen LogP contribution in [0.3, 0.4) is 0 Å². The van der Waals surface area contributed by atoms with Gasteiger partial charge in [-0.1, -0.05) is 0 Å². The van der Waals surface area contributed by atoms with Gasteiger partial charge in [0.25, 0.3) is 0 Å². The molecule has 0 atom stereocenters. The van der Waals surface area contributed by atoms with Crippen LogP contribution < -0.4 is 14.5 Å². The molecule has 1 aromatic heterocycles. The van der Waals surface area contributed by atoms with Crippen molar-refractivity contribution in [2.75, 3.05) is 36.0 Å². The van der Waals surface area contributed by atoms with E-state index < -0.39 is 26.6 Å². The molecule has 1 aliphatic heterocycles. The van der Waals surface area contributed by atoms with Crippen molar-refractivity contribution in [2.45, 2.75) is 11.4 Å². The molecule has 6 nitrogen and oxygen atoms in total. The Hall–Kier alpha value is -3.11. The number of aromatic nitrogens is 1. The quantitative estimate of drug-likeness (QED) is 0.609. The van der Waals surface area contributed by atoms with Gasteiger partial charge >= 0.3 is 0 Å². The topological polar surface area (TPSA) is 65.5 Å². The molecule has 0 radical (unpaired) electrons. The van der Waals surface area contributed by atoms with Gasteiger partial charge in [0.15, 0.2) is 0 Å². The fourth-order valence-corrected chi connectivity index (χ4v) is 4.59. The van der Waals surface area contributed by atoms with Gasteiger partial charge in [-0.2, -0.15) is 0 Å². The van der Waals surface area contributed by atoms with E-state index in [-0.39, 0.29) is 12.4 Å². The molecule has 0 bridgehead atoms. The zero-order valence-corrected chi connectivity index (χ0v) is 17.8. The lowest BCUT2D eigenvalue weighted by Crippen LogP contribution is -2.46. The van der Waals surface area contributed by atoms with E-state index in [1.807, 2.05) is 0 Å². The van der Waals surface area contributed by atoms with E-state index in [1.165, 1.54) is 12.1 Å². The summed E-state index contributed by atoms with van der Waals surface area (Å²) < 4.78 is 67.0. The number of hydrogen-bond donors (Lipinski definition) is 1. The summed E-state index contributed by atoms with van der Waals surface area (Å²) in [6.45, 7) is 2.81. The Morgan fingerprint density at radius 3 is 2.09 bits per heavy atom. The summed E-state index contributed by atoms with van der Waals surface area (Å²) in [5.74, 6) is -1.49. The van der Waals surface area contributed by atoms with Crippen molar-refractivity contribution in [3.63, 3.8) is 0 Å². The molecule has 168 valence electrons. The van der Waals surface area contributed by atoms with E-state index in [2.05, 4.69) is 19.5 Å². The average molecular weight is 462 g/mol. The van der Waals surface area contributed by atoms with E-state index in [0.29, 0.717) is 30.5 Å². The second-order valence-electron chi connectivity index (χ2n) is 7.40. The van der Waals surface area contributed by atoms with Crippen molar-refractivity contribution in [1.29, 1.82) is 0 Å². The van der Waals surface area contributed by atoms with Gasteiger partial charge in [0, 0.05) is 50.7 Å². The third kappa shape index (κ3) is 5.20. The number of anilines is 2. The molecule has 1 N–H and O–H groups in total. The van der Waals surface area contributed by atoms with Gasteiger partial charge in [-0.25, -0.2) is 31.3 Å². The van der Waals surface area contributed by atoms with E-state index in [1.54, 1.807) is 30.5 Å². The van der Waals surface area contributed by atoms with Gasteiger partial charge < -0.3 is 9.80 Å². The molecule has 2 aromatic carbocycles. The summed E-state index contributed by atoms with van der Waals surface area (Å²) in [6.07, 6.45) is 1.59. The molecule has 0 unspecified atom stereocenters. The highest BCUT2D eigenvalue weighted by atomic mass is 32.2. The molecule has 0 saturated carbocycles. The Morgan fingerprint density at radius 2 is 1.44 bits per heavy atom. The van der Waals surface area contributed by atoms with Gasteiger partial charge in [-0.15, -0.1) is 0 Å². The lowest BCUT2D eigenvalue weighted by molar-refractivity contribution is 0.561. The zero-order valence-electron chi connectivity index (χ0n) is 17.0. The predicted molar refractivity (Wildman–Crippen MR) is 115 cm³/mol. The standard InChI is InChI=1S/C22H21F3N4O2S/c23-17-1-3-20(4-2-17)28-7-9-29(10-8-28)22-11-16(5-6-26-22)15-27-32(30,31)21-13-18(24)12-19(25)14-21/h1-6,11-14,27H,7-10,15H2. The van der Waals surface area contributed by atoms with Crippen LogP contribution in [0.15, 0.2) is 65.7 Å². The Bertz CT molecular complexity index is 1180. The Morgan fingerprint density at radius 1 is 0.812 bits per heavy atom. The van der Waals surface area contributed by atoms with Crippen LogP contribution in [-0.2, 0) is 16.6 Å². The average Bonchev–Trinajstić information content (AvgIpc) is 2.78. The molecular weight excluding hydrogens is 441 g/mol. The van der Waals surface area contributed by atoms with Crippen LogP contribution in [-0.4, -0.2) is 39.6 Å². The Labute approximate surface area is 184 Å². The number of hydrogen-bond acceptors (Lipinski definition) is 5. The number of nitrogens with zero attached hydrogens (tertiary/aromatic N) is 3. The highest BCUT2D eigenvalue weighted by molar-refractivity contribution is 7.89. The van der Waals surface area contributed by atoms with Crippen molar-refractivity contribution in [1.82, 2.24) is 9.71 Å². The molecule has 1 saturated heterocycles. The van der Waals surface area contributed by atoms with Crippen LogP contribution in [0.1, 0.15) is 5.56 Å². The fraction of sp³-hybridized carbons (Fsp3) is 0.227. The third-order valence-corrected chi connectivity index (χ3v) is 6.60. The van der Waals surface area contributed by atoms with E-state index >= 15 is 0 Å². The summed E-state index contributed by atoms with van der Waals surface area (Å²) in [5.41, 5.74) is 1.62. The Kier molecular flexibility index (Phi) is 6.33. The first kappa shape index (κ1) is 22.1. The molecular formula is C22H21F3N4O2S. The van der Waals surface area contributed by atoms with Gasteiger partial charge in [0.2, 0.25) is 10.0 Å². The Balaban J connectivity index is 1.39. The molecule has 0 spiro atoms. The lowest BCUT2D eigenvalue weighted by atomic mass is 10.2. The normalized spacial score (nSPS) is 14.6. The third-order valence-electron chi connectivity index (χ3n) is 5.22. The van der Waals surface area contributed by atoms with Gasteiger partial charge in [0.1, 0.15) is 23.3 Å². The zero-order chi connectivity index (χ0) is 22.7. The first-order valence-corrected chi connectivity index (χ1v) is 11.4. The molecule has 1 aliphatic rings. The number of sulfonamides is 1. The van der Waals surface area contributed by atoms with E-state index in [9.17, 15) is 21.6 Å². The minimum Gasteiger partial charge on any atom is -0.368 e. The van der Waals surface area contributed by atoms with Gasteiger partial charge in [0.05, 0.1) is 4.90 Å². The number of halogens is 3. The highest BCUT2D eigenvalue weighted by Crippen LogP contribution is 2.21. The van der Waals surface area contributed by atoms with Crippen molar-refractivity contribution in [3.05, 3.63) is 83.8 Å². The second-order valence-corrected chi connectivity index (χ2v) is 9.17. The molecule has 3 aromatic rings. The molecule has 0 aliphatic carbocycles. The number of rotatable bonds is 6.